The average Bonchev–Trinajstić information content (AvgIpc) is 3.28. The van der Waals surface area contributed by atoms with Crippen LogP contribution in [0, 0.1) is 0 Å². The van der Waals surface area contributed by atoms with Crippen LogP contribution in [0.4, 0.5) is 0 Å². The van der Waals surface area contributed by atoms with Crippen molar-refractivity contribution in [1.82, 2.24) is 5.32 Å². The summed E-state index contributed by atoms with van der Waals surface area (Å²) in [6.45, 7) is 1.41. The van der Waals surface area contributed by atoms with E-state index in [0.29, 0.717) is 12.6 Å². The molecule has 3 heteroatoms. The van der Waals surface area contributed by atoms with Crippen LogP contribution in [0.15, 0.2) is 48.5 Å². The van der Waals surface area contributed by atoms with Gasteiger partial charge in [-0.2, -0.15) is 0 Å². The fraction of sp³-hybridized carbons (Fsp3) is 0.294. The molecule has 0 aromatic heterocycles. The van der Waals surface area contributed by atoms with Gasteiger partial charge in [0.1, 0.15) is 12.4 Å². The van der Waals surface area contributed by atoms with Gasteiger partial charge in [-0.3, -0.25) is 0 Å². The minimum atomic E-state index is 0.543. The molecular weight excluding hydrogens is 270 g/mol. The minimum Gasteiger partial charge on any atom is -0.489 e. The van der Waals surface area contributed by atoms with Gasteiger partial charge < -0.3 is 10.1 Å². The summed E-state index contributed by atoms with van der Waals surface area (Å²) in [5.74, 6) is 0.945. The van der Waals surface area contributed by atoms with E-state index in [4.69, 9.17) is 16.3 Å². The van der Waals surface area contributed by atoms with Crippen LogP contribution in [0.3, 0.4) is 0 Å². The highest BCUT2D eigenvalue weighted by atomic mass is 35.5. The zero-order valence-electron chi connectivity index (χ0n) is 11.3. The Morgan fingerprint density at radius 1 is 1.10 bits per heavy atom. The van der Waals surface area contributed by atoms with Gasteiger partial charge >= 0.3 is 0 Å². The Labute approximate surface area is 124 Å². The topological polar surface area (TPSA) is 21.3 Å². The van der Waals surface area contributed by atoms with E-state index in [1.807, 2.05) is 36.4 Å². The molecule has 0 unspecified atom stereocenters. The van der Waals surface area contributed by atoms with Crippen LogP contribution < -0.4 is 10.1 Å². The predicted molar refractivity (Wildman–Crippen MR) is 82.1 cm³/mol. The summed E-state index contributed by atoms with van der Waals surface area (Å²) >= 11 is 5.98. The van der Waals surface area contributed by atoms with Gasteiger partial charge in [0.2, 0.25) is 0 Å². The molecule has 0 saturated heterocycles. The third-order valence-corrected chi connectivity index (χ3v) is 3.65. The highest BCUT2D eigenvalue weighted by Gasteiger charge is 2.20. The lowest BCUT2D eigenvalue weighted by atomic mass is 10.2. The number of ether oxygens (including phenoxy) is 1. The van der Waals surface area contributed by atoms with E-state index in [-0.39, 0.29) is 0 Å². The van der Waals surface area contributed by atoms with E-state index in [1.54, 1.807) is 0 Å². The average molecular weight is 288 g/mol. The van der Waals surface area contributed by atoms with Crippen LogP contribution in [0.1, 0.15) is 24.0 Å². The number of rotatable bonds is 6. The maximum Gasteiger partial charge on any atom is 0.124 e. The number of hydrogen-bond acceptors (Lipinski definition) is 2. The molecule has 0 heterocycles. The van der Waals surface area contributed by atoms with Crippen molar-refractivity contribution in [2.45, 2.75) is 32.0 Å². The minimum absolute atomic E-state index is 0.543. The van der Waals surface area contributed by atoms with Crippen LogP contribution >= 0.6 is 11.6 Å². The van der Waals surface area contributed by atoms with Crippen molar-refractivity contribution in [3.63, 3.8) is 0 Å². The highest BCUT2D eigenvalue weighted by Crippen LogP contribution is 2.23. The summed E-state index contributed by atoms with van der Waals surface area (Å²) < 4.78 is 5.93. The molecule has 0 spiro atoms. The summed E-state index contributed by atoms with van der Waals surface area (Å²) in [6.07, 6.45) is 2.59. The van der Waals surface area contributed by atoms with E-state index in [1.165, 1.54) is 18.4 Å². The fourth-order valence-electron chi connectivity index (χ4n) is 2.12. The van der Waals surface area contributed by atoms with Crippen LogP contribution in [-0.2, 0) is 13.2 Å². The number of nitrogens with one attached hydrogen (secondary N) is 1. The van der Waals surface area contributed by atoms with Crippen molar-refractivity contribution >= 4 is 11.6 Å². The van der Waals surface area contributed by atoms with Gasteiger partial charge in [0.25, 0.3) is 0 Å². The largest absolute Gasteiger partial charge is 0.489 e. The van der Waals surface area contributed by atoms with Gasteiger partial charge in [-0.05, 0) is 36.6 Å². The molecule has 2 aromatic carbocycles. The molecule has 1 aliphatic rings. The zero-order chi connectivity index (χ0) is 13.8. The molecule has 1 N–H and O–H groups in total. The summed E-state index contributed by atoms with van der Waals surface area (Å²) in [5, 5.41) is 4.26. The Hall–Kier alpha value is -1.51. The lowest BCUT2D eigenvalue weighted by molar-refractivity contribution is 0.302. The van der Waals surface area contributed by atoms with Crippen LogP contribution in [0.2, 0.25) is 5.02 Å². The van der Waals surface area contributed by atoms with E-state index < -0.39 is 0 Å². The van der Waals surface area contributed by atoms with Crippen LogP contribution in [-0.4, -0.2) is 6.04 Å². The van der Waals surface area contributed by atoms with Gasteiger partial charge in [-0.15, -0.1) is 0 Å². The Kier molecular flexibility index (Phi) is 4.24. The first-order valence-corrected chi connectivity index (χ1v) is 7.37. The van der Waals surface area contributed by atoms with Gasteiger partial charge in [0, 0.05) is 23.2 Å². The molecular formula is C17H18ClNO. The standard InChI is InChI=1S/C17H18ClNO/c18-15-6-3-4-13(10-15)12-20-17-7-2-1-5-14(17)11-19-16-8-9-16/h1-7,10,16,19H,8-9,11-12H2. The molecule has 2 aromatic rings. The van der Waals surface area contributed by atoms with Gasteiger partial charge in [0.15, 0.2) is 0 Å². The SMILES string of the molecule is Clc1cccc(COc2ccccc2CNC2CC2)c1. The first-order valence-electron chi connectivity index (χ1n) is 7.00. The normalized spacial score (nSPS) is 14.2. The van der Waals surface area contributed by atoms with Crippen molar-refractivity contribution in [2.75, 3.05) is 0 Å². The van der Waals surface area contributed by atoms with Crippen LogP contribution in [0.5, 0.6) is 5.75 Å². The Morgan fingerprint density at radius 2 is 1.95 bits per heavy atom. The molecule has 0 bridgehead atoms. The van der Waals surface area contributed by atoms with E-state index in [2.05, 4.69) is 17.4 Å². The summed E-state index contributed by atoms with van der Waals surface area (Å²) in [5.41, 5.74) is 2.30. The Morgan fingerprint density at radius 3 is 2.75 bits per heavy atom. The quantitative estimate of drug-likeness (QED) is 0.861. The lowest BCUT2D eigenvalue weighted by Crippen LogP contribution is -2.16. The van der Waals surface area contributed by atoms with Gasteiger partial charge in [-0.1, -0.05) is 41.9 Å². The zero-order valence-corrected chi connectivity index (χ0v) is 12.1. The van der Waals surface area contributed by atoms with E-state index in [9.17, 15) is 0 Å². The first kappa shape index (κ1) is 13.5. The first-order chi connectivity index (χ1) is 9.81. The molecule has 104 valence electrons. The van der Waals surface area contributed by atoms with E-state index in [0.717, 1.165) is 22.9 Å². The molecule has 0 radical (unpaired) electrons. The number of benzene rings is 2. The molecule has 0 atom stereocenters. The lowest BCUT2D eigenvalue weighted by Gasteiger charge is -2.12. The van der Waals surface area contributed by atoms with Crippen molar-refractivity contribution < 1.29 is 4.74 Å². The summed E-state index contributed by atoms with van der Waals surface area (Å²) in [4.78, 5) is 0. The van der Waals surface area contributed by atoms with E-state index >= 15 is 0 Å². The summed E-state index contributed by atoms with van der Waals surface area (Å²) in [7, 11) is 0. The second kappa shape index (κ2) is 6.29. The molecule has 3 rings (SSSR count). The highest BCUT2D eigenvalue weighted by molar-refractivity contribution is 6.30. The Balaban J connectivity index is 1.63. The van der Waals surface area contributed by atoms with Crippen molar-refractivity contribution in [3.05, 3.63) is 64.7 Å². The van der Waals surface area contributed by atoms with Crippen molar-refractivity contribution in [2.24, 2.45) is 0 Å². The molecule has 0 aliphatic heterocycles. The third-order valence-electron chi connectivity index (χ3n) is 3.41. The maximum atomic E-state index is 5.98. The predicted octanol–water partition coefficient (Wildman–Crippen LogP) is 4.17. The fourth-order valence-corrected chi connectivity index (χ4v) is 2.33. The molecule has 1 aliphatic carbocycles. The smallest absolute Gasteiger partial charge is 0.124 e. The molecule has 1 fully saturated rings. The number of para-hydroxylation sites is 1. The second-order valence-electron chi connectivity index (χ2n) is 5.18. The summed E-state index contributed by atoms with van der Waals surface area (Å²) in [6, 6.07) is 16.7. The Bertz CT molecular complexity index is 581. The van der Waals surface area contributed by atoms with Crippen molar-refractivity contribution in [1.29, 1.82) is 0 Å². The number of halogens is 1. The monoisotopic (exact) mass is 287 g/mol. The molecule has 1 saturated carbocycles. The molecule has 2 nitrogen and oxygen atoms in total. The molecule has 0 amide bonds. The third kappa shape index (κ3) is 3.75. The van der Waals surface area contributed by atoms with Crippen molar-refractivity contribution in [3.8, 4) is 5.75 Å². The number of hydrogen-bond donors (Lipinski definition) is 1. The van der Waals surface area contributed by atoms with Gasteiger partial charge in [0.05, 0.1) is 0 Å². The maximum absolute atomic E-state index is 5.98. The molecule has 20 heavy (non-hydrogen) atoms. The van der Waals surface area contributed by atoms with Crippen LogP contribution in [0.25, 0.3) is 0 Å². The second-order valence-corrected chi connectivity index (χ2v) is 5.62. The van der Waals surface area contributed by atoms with Gasteiger partial charge in [-0.25, -0.2) is 0 Å².